The van der Waals surface area contributed by atoms with Crippen LogP contribution in [0.3, 0.4) is 0 Å². The number of esters is 1. The molecule has 0 saturated carbocycles. The molecule has 41 heavy (non-hydrogen) atoms. The number of aliphatic hydroxyl groups is 2. The number of hydrogen-bond donors (Lipinski definition) is 4. The van der Waals surface area contributed by atoms with Crippen molar-refractivity contribution in [2.45, 2.75) is 77.7 Å². The molecule has 4 rings (SSSR count). The van der Waals surface area contributed by atoms with Crippen LogP contribution in [0, 0.1) is 5.41 Å². The number of benzene rings is 1. The Labute approximate surface area is 243 Å². The van der Waals surface area contributed by atoms with Gasteiger partial charge in [-0.05, 0) is 50.1 Å². The number of fused-ring (bicyclic) bond motifs is 1. The van der Waals surface area contributed by atoms with E-state index in [1.807, 2.05) is 26.8 Å². The van der Waals surface area contributed by atoms with E-state index in [9.17, 15) is 15.0 Å². The van der Waals surface area contributed by atoms with Gasteiger partial charge >= 0.3 is 12.6 Å². The van der Waals surface area contributed by atoms with Crippen LogP contribution in [-0.4, -0.2) is 72.3 Å². The SMILES string of the molecule is C[C@H](NP(=S)(Oc1ccccc1)O[C@@H](C)[C@H]1O[C@@H](n2cnc3c(N)ncnc32)[C@](C)(O)[C@@H]1O)C(=O)OCC(C)(C)C. The topological polar surface area (TPSA) is 176 Å². The quantitative estimate of drug-likeness (QED) is 0.195. The summed E-state index contributed by atoms with van der Waals surface area (Å²) in [6.45, 7) is 7.30. The minimum absolute atomic E-state index is 0.167. The number of aliphatic hydroxyl groups excluding tert-OH is 1. The predicted molar refractivity (Wildman–Crippen MR) is 155 cm³/mol. The van der Waals surface area contributed by atoms with Crippen LogP contribution in [0.15, 0.2) is 43.0 Å². The highest BCUT2D eigenvalue weighted by Gasteiger charge is 2.56. The van der Waals surface area contributed by atoms with Crippen LogP contribution in [0.2, 0.25) is 0 Å². The molecule has 0 bridgehead atoms. The Balaban J connectivity index is 1.56. The van der Waals surface area contributed by atoms with Gasteiger partial charge in [-0.1, -0.05) is 39.0 Å². The van der Waals surface area contributed by atoms with Gasteiger partial charge in [0, 0.05) is 0 Å². The molecular weight excluding hydrogens is 571 g/mol. The number of hydrogen-bond acceptors (Lipinski definition) is 12. The molecule has 0 radical (unpaired) electrons. The maximum Gasteiger partial charge on any atom is 0.323 e. The average Bonchev–Trinajstić information content (AvgIpc) is 3.41. The van der Waals surface area contributed by atoms with Gasteiger partial charge in [0.1, 0.15) is 41.4 Å². The summed E-state index contributed by atoms with van der Waals surface area (Å²) in [5, 5.41) is 25.5. The number of ether oxygens (including phenoxy) is 2. The van der Waals surface area contributed by atoms with Crippen molar-refractivity contribution in [2.24, 2.45) is 5.41 Å². The summed E-state index contributed by atoms with van der Waals surface area (Å²) < 4.78 is 25.4. The van der Waals surface area contributed by atoms with Crippen LogP contribution in [0.4, 0.5) is 5.82 Å². The van der Waals surface area contributed by atoms with Crippen molar-refractivity contribution in [1.82, 2.24) is 24.6 Å². The Hall–Kier alpha value is -2.71. The highest BCUT2D eigenvalue weighted by molar-refractivity contribution is 8.09. The van der Waals surface area contributed by atoms with Crippen molar-refractivity contribution in [3.63, 3.8) is 0 Å². The molecule has 15 heteroatoms. The fourth-order valence-corrected chi connectivity index (χ4v) is 7.11. The van der Waals surface area contributed by atoms with E-state index < -0.39 is 48.8 Å². The monoisotopic (exact) mass is 608 g/mol. The Bertz CT molecular complexity index is 1420. The third kappa shape index (κ3) is 7.03. The lowest BCUT2D eigenvalue weighted by atomic mass is 9.94. The molecule has 2 aromatic heterocycles. The van der Waals surface area contributed by atoms with Crippen molar-refractivity contribution < 1.29 is 33.5 Å². The van der Waals surface area contributed by atoms with Gasteiger partial charge in [-0.15, -0.1) is 0 Å². The van der Waals surface area contributed by atoms with E-state index >= 15 is 0 Å². The lowest BCUT2D eigenvalue weighted by Gasteiger charge is -2.32. The van der Waals surface area contributed by atoms with Crippen LogP contribution in [0.25, 0.3) is 11.2 Å². The number of aromatic nitrogens is 4. The number of rotatable bonds is 10. The molecule has 0 amide bonds. The summed E-state index contributed by atoms with van der Waals surface area (Å²) >= 11 is 5.83. The molecule has 0 spiro atoms. The van der Waals surface area contributed by atoms with Crippen LogP contribution < -0.4 is 15.3 Å². The predicted octanol–water partition coefficient (Wildman–Crippen LogP) is 2.69. The van der Waals surface area contributed by atoms with Crippen molar-refractivity contribution in [1.29, 1.82) is 0 Å². The van der Waals surface area contributed by atoms with Gasteiger partial charge in [-0.2, -0.15) is 0 Å². The summed E-state index contributed by atoms with van der Waals surface area (Å²) in [4.78, 5) is 25.1. The maximum absolute atomic E-state index is 12.8. The molecule has 1 saturated heterocycles. The van der Waals surface area contributed by atoms with Gasteiger partial charge in [0.2, 0.25) is 0 Å². The van der Waals surface area contributed by atoms with E-state index in [1.165, 1.54) is 24.1 Å². The third-order valence-electron chi connectivity index (χ3n) is 6.42. The molecule has 1 aliphatic heterocycles. The molecule has 224 valence electrons. The maximum atomic E-state index is 12.8. The molecule has 1 unspecified atom stereocenters. The van der Waals surface area contributed by atoms with E-state index in [1.54, 1.807) is 38.1 Å². The smallest absolute Gasteiger partial charge is 0.323 e. The summed E-state index contributed by atoms with van der Waals surface area (Å²) in [6.07, 6.45) is -1.79. The minimum Gasteiger partial charge on any atom is -0.464 e. The van der Waals surface area contributed by atoms with Crippen LogP contribution >= 0.6 is 6.64 Å². The fraction of sp³-hybridized carbons (Fsp3) is 0.538. The van der Waals surface area contributed by atoms with Gasteiger partial charge in [0.25, 0.3) is 0 Å². The first-order chi connectivity index (χ1) is 19.1. The number of para-hydroxylation sites is 1. The number of nitrogens with one attached hydrogen (secondary N) is 1. The van der Waals surface area contributed by atoms with Crippen LogP contribution in [-0.2, 0) is 30.6 Å². The molecular formula is C26H37N6O7PS. The Morgan fingerprint density at radius 2 is 1.95 bits per heavy atom. The summed E-state index contributed by atoms with van der Waals surface area (Å²) in [5.74, 6) is 0.0707. The molecule has 0 aliphatic carbocycles. The lowest BCUT2D eigenvalue weighted by Crippen LogP contribution is -2.46. The Kier molecular flexibility index (Phi) is 9.05. The van der Waals surface area contributed by atoms with E-state index in [2.05, 4.69) is 20.0 Å². The van der Waals surface area contributed by atoms with E-state index in [4.69, 9.17) is 36.1 Å². The first-order valence-electron chi connectivity index (χ1n) is 13.1. The zero-order chi connectivity index (χ0) is 30.2. The second-order valence-electron chi connectivity index (χ2n) is 11.4. The number of imidazole rings is 1. The average molecular weight is 609 g/mol. The Morgan fingerprint density at radius 3 is 2.61 bits per heavy atom. The largest absolute Gasteiger partial charge is 0.464 e. The summed E-state index contributed by atoms with van der Waals surface area (Å²) in [6, 6.07) is 7.92. The summed E-state index contributed by atoms with van der Waals surface area (Å²) in [7, 11) is 0. The summed E-state index contributed by atoms with van der Waals surface area (Å²) in [5.41, 5.74) is 4.57. The standard InChI is InChI=1S/C26H37N6O7PS/c1-15(23(34)36-12-25(3,4)5)31-40(41,39-17-10-8-7-9-11-17)38-16(2)19-20(33)26(6,35)24(37-19)32-14-30-18-21(27)28-13-29-22(18)32/h7-11,13-16,19-20,24,33,35H,12H2,1-6H3,(H,31,41)(H2,27,28,29)/t15-,16-,19+,20+,24+,26+,40?/m0/s1. The van der Waals surface area contributed by atoms with E-state index in [0.717, 1.165) is 0 Å². The number of anilines is 1. The normalized spacial score (nSPS) is 25.9. The van der Waals surface area contributed by atoms with Crippen LogP contribution in [0.1, 0.15) is 47.8 Å². The zero-order valence-electron chi connectivity index (χ0n) is 23.8. The number of nitrogen functional groups attached to an aromatic ring is 1. The molecule has 1 fully saturated rings. The number of nitrogens with zero attached hydrogens (tertiary/aromatic N) is 4. The Morgan fingerprint density at radius 1 is 1.27 bits per heavy atom. The lowest BCUT2D eigenvalue weighted by molar-refractivity contribution is -0.148. The molecule has 5 N–H and O–H groups in total. The molecule has 3 heterocycles. The second-order valence-corrected chi connectivity index (χ2v) is 14.5. The minimum atomic E-state index is -3.46. The number of carbonyl (C=O) groups excluding carboxylic acids is 1. The third-order valence-corrected chi connectivity index (χ3v) is 8.99. The van der Waals surface area contributed by atoms with Gasteiger partial charge in [-0.25, -0.2) is 20.0 Å². The number of nitrogens with two attached hydrogens (primary N) is 1. The molecule has 13 nitrogen and oxygen atoms in total. The first kappa shape index (κ1) is 31.2. The van der Waals surface area contributed by atoms with Crippen LogP contribution in [0.5, 0.6) is 5.75 Å². The zero-order valence-corrected chi connectivity index (χ0v) is 25.5. The van der Waals surface area contributed by atoms with E-state index in [0.29, 0.717) is 16.9 Å². The second kappa shape index (κ2) is 11.9. The van der Waals surface area contributed by atoms with Crippen molar-refractivity contribution in [3.8, 4) is 5.75 Å². The van der Waals surface area contributed by atoms with Gasteiger partial charge in [-0.3, -0.25) is 9.36 Å². The molecule has 1 aromatic carbocycles. The number of carbonyl (C=O) groups is 1. The van der Waals surface area contributed by atoms with Crippen molar-refractivity contribution >= 4 is 41.4 Å². The highest BCUT2D eigenvalue weighted by atomic mass is 32.5. The van der Waals surface area contributed by atoms with Crippen molar-refractivity contribution in [3.05, 3.63) is 43.0 Å². The molecule has 3 aromatic rings. The molecule has 1 aliphatic rings. The fourth-order valence-electron chi connectivity index (χ4n) is 4.28. The molecule has 7 atom stereocenters. The van der Waals surface area contributed by atoms with Gasteiger partial charge < -0.3 is 34.5 Å². The van der Waals surface area contributed by atoms with Gasteiger partial charge in [0.05, 0.1) is 19.0 Å². The highest BCUT2D eigenvalue weighted by Crippen LogP contribution is 2.49. The van der Waals surface area contributed by atoms with Gasteiger partial charge in [0.15, 0.2) is 17.7 Å². The first-order valence-corrected chi connectivity index (χ1v) is 15.7. The van der Waals surface area contributed by atoms with Crippen molar-refractivity contribution in [2.75, 3.05) is 12.3 Å². The van der Waals surface area contributed by atoms with E-state index in [-0.39, 0.29) is 17.8 Å².